The normalized spacial score (nSPS) is 10.9. The number of carboxylic acids is 1. The van der Waals surface area contributed by atoms with Gasteiger partial charge in [-0.25, -0.2) is 0 Å². The minimum atomic E-state index is -1.15. The topological polar surface area (TPSA) is 75.5 Å². The first-order valence-corrected chi connectivity index (χ1v) is 10.2. The number of hydrogen-bond donors (Lipinski definition) is 1. The molecule has 0 unspecified atom stereocenters. The van der Waals surface area contributed by atoms with Crippen LogP contribution in [0.4, 0.5) is 0 Å². The molecule has 0 aliphatic rings. The van der Waals surface area contributed by atoms with Crippen LogP contribution in [0.25, 0.3) is 0 Å². The van der Waals surface area contributed by atoms with E-state index in [9.17, 15) is 9.90 Å². The molecule has 0 saturated carbocycles. The summed E-state index contributed by atoms with van der Waals surface area (Å²) in [6.07, 6.45) is 0. The summed E-state index contributed by atoms with van der Waals surface area (Å²) in [5.41, 5.74) is 5.95. The van der Waals surface area contributed by atoms with Crippen molar-refractivity contribution in [3.05, 3.63) is 81.7 Å². The van der Waals surface area contributed by atoms with Crippen molar-refractivity contribution < 1.29 is 19.4 Å². The Kier molecular flexibility index (Phi) is 7.02. The third-order valence-electron chi connectivity index (χ3n) is 5.82. The molecular formula is C25H29N2O4-. The number of carboxylic acid groups (broad SMARTS) is 1. The van der Waals surface area contributed by atoms with E-state index >= 15 is 0 Å². The zero-order chi connectivity index (χ0) is 22.5. The van der Waals surface area contributed by atoms with E-state index in [1.807, 2.05) is 44.2 Å². The molecule has 1 N–H and O–H groups in total. The van der Waals surface area contributed by atoms with Gasteiger partial charge in [-0.05, 0) is 43.5 Å². The van der Waals surface area contributed by atoms with Crippen LogP contribution in [-0.2, 0) is 19.6 Å². The molecule has 0 amide bonds. The van der Waals surface area contributed by atoms with Gasteiger partial charge in [0.2, 0.25) is 0 Å². The van der Waals surface area contributed by atoms with Crippen LogP contribution in [0.3, 0.4) is 0 Å². The average molecular weight is 422 g/mol. The Morgan fingerprint density at radius 3 is 2.35 bits per heavy atom. The number of ether oxygens (including phenoxy) is 2. The van der Waals surface area contributed by atoms with Crippen LogP contribution in [0.1, 0.15) is 44.0 Å². The number of aromatic nitrogens is 1. The number of aromatic carboxylic acids is 1. The number of carbonyl (C=O) groups is 1. The molecule has 3 aromatic rings. The third kappa shape index (κ3) is 4.75. The molecule has 6 heteroatoms. The summed E-state index contributed by atoms with van der Waals surface area (Å²) in [6.45, 7) is 7.42. The number of carbonyl (C=O) groups excluding carboxylic acids is 1. The van der Waals surface area contributed by atoms with Gasteiger partial charge in [0, 0.05) is 48.2 Å². The van der Waals surface area contributed by atoms with Crippen LogP contribution >= 0.6 is 0 Å². The third-order valence-corrected chi connectivity index (χ3v) is 5.82. The van der Waals surface area contributed by atoms with Crippen molar-refractivity contribution in [3.8, 4) is 11.5 Å². The highest BCUT2D eigenvalue weighted by Crippen LogP contribution is 2.26. The van der Waals surface area contributed by atoms with Gasteiger partial charge in [-0.1, -0.05) is 30.3 Å². The summed E-state index contributed by atoms with van der Waals surface area (Å²) in [7, 11) is 3.23. The second kappa shape index (κ2) is 9.71. The van der Waals surface area contributed by atoms with E-state index < -0.39 is 5.97 Å². The fourth-order valence-corrected chi connectivity index (χ4v) is 3.95. The molecule has 1 heterocycles. The van der Waals surface area contributed by atoms with Gasteiger partial charge < -0.3 is 29.3 Å². The Morgan fingerprint density at radius 1 is 0.968 bits per heavy atom. The number of nitrogens with zero attached hydrogens (tertiary/aromatic N) is 1. The molecule has 0 radical (unpaired) electrons. The van der Waals surface area contributed by atoms with Crippen molar-refractivity contribution in [2.45, 2.75) is 40.4 Å². The van der Waals surface area contributed by atoms with E-state index in [0.29, 0.717) is 25.3 Å². The van der Waals surface area contributed by atoms with Crippen LogP contribution in [0.15, 0.2) is 42.5 Å². The Labute approximate surface area is 183 Å². The lowest BCUT2D eigenvalue weighted by atomic mass is 10.1. The first-order valence-electron chi connectivity index (χ1n) is 10.2. The number of methoxy groups -OCH3 is 2. The molecule has 0 aliphatic carbocycles. The molecule has 0 saturated heterocycles. The SMILES string of the molecule is COc1ccc(CNCc2c(C(=O)[O-])c(C)n(Cc3ccccc3C)c2C)c(OC)c1. The van der Waals surface area contributed by atoms with Crippen LogP contribution in [0, 0.1) is 20.8 Å². The number of benzene rings is 2. The molecule has 6 nitrogen and oxygen atoms in total. The summed E-state index contributed by atoms with van der Waals surface area (Å²) in [6, 6.07) is 13.8. The molecule has 2 aromatic carbocycles. The Morgan fingerprint density at radius 2 is 1.71 bits per heavy atom. The van der Waals surface area contributed by atoms with Gasteiger partial charge in [-0.2, -0.15) is 0 Å². The van der Waals surface area contributed by atoms with Gasteiger partial charge in [0.1, 0.15) is 11.5 Å². The predicted molar refractivity (Wildman–Crippen MR) is 119 cm³/mol. The minimum absolute atomic E-state index is 0.264. The molecule has 0 fully saturated rings. The number of rotatable bonds is 9. The maximum atomic E-state index is 11.9. The monoisotopic (exact) mass is 421 g/mol. The summed E-state index contributed by atoms with van der Waals surface area (Å²) in [5, 5.41) is 15.3. The zero-order valence-corrected chi connectivity index (χ0v) is 18.7. The van der Waals surface area contributed by atoms with Crippen molar-refractivity contribution in [1.82, 2.24) is 9.88 Å². The molecule has 0 aliphatic heterocycles. The number of hydrogen-bond acceptors (Lipinski definition) is 5. The summed E-state index contributed by atoms with van der Waals surface area (Å²) >= 11 is 0. The molecule has 0 bridgehead atoms. The van der Waals surface area contributed by atoms with E-state index in [-0.39, 0.29) is 5.56 Å². The highest BCUT2D eigenvalue weighted by molar-refractivity contribution is 5.89. The van der Waals surface area contributed by atoms with Gasteiger partial charge in [0.05, 0.1) is 20.2 Å². The van der Waals surface area contributed by atoms with Crippen LogP contribution < -0.4 is 19.9 Å². The minimum Gasteiger partial charge on any atom is -0.545 e. The summed E-state index contributed by atoms with van der Waals surface area (Å²) in [5.74, 6) is 0.291. The second-order valence-corrected chi connectivity index (χ2v) is 7.61. The molecule has 31 heavy (non-hydrogen) atoms. The van der Waals surface area contributed by atoms with Crippen LogP contribution in [-0.4, -0.2) is 24.8 Å². The Balaban J connectivity index is 1.84. The summed E-state index contributed by atoms with van der Waals surface area (Å²) < 4.78 is 12.7. The van der Waals surface area contributed by atoms with Gasteiger partial charge in [0.15, 0.2) is 0 Å². The van der Waals surface area contributed by atoms with Gasteiger partial charge in [0.25, 0.3) is 0 Å². The largest absolute Gasteiger partial charge is 0.545 e. The lowest BCUT2D eigenvalue weighted by Gasteiger charge is -2.13. The van der Waals surface area contributed by atoms with E-state index in [1.54, 1.807) is 14.2 Å². The molecule has 3 rings (SSSR count). The van der Waals surface area contributed by atoms with Crippen molar-refractivity contribution in [3.63, 3.8) is 0 Å². The lowest BCUT2D eigenvalue weighted by molar-refractivity contribution is -0.255. The van der Waals surface area contributed by atoms with Crippen molar-refractivity contribution >= 4 is 5.97 Å². The fourth-order valence-electron chi connectivity index (χ4n) is 3.95. The molecule has 0 spiro atoms. The standard InChI is InChI=1S/C25H30N2O4/c1-16-8-6-7-9-20(16)15-27-17(2)22(24(18(27)3)25(28)29)14-26-13-19-10-11-21(30-4)12-23(19)31-5/h6-12,26H,13-15H2,1-5H3,(H,28,29)/p-1. The van der Waals surface area contributed by atoms with Gasteiger partial charge in [-0.3, -0.25) is 0 Å². The summed E-state index contributed by atoms with van der Waals surface area (Å²) in [4.78, 5) is 11.9. The average Bonchev–Trinajstić information content (AvgIpc) is 2.99. The van der Waals surface area contributed by atoms with E-state index in [1.165, 1.54) is 5.56 Å². The highest BCUT2D eigenvalue weighted by atomic mass is 16.5. The quantitative estimate of drug-likeness (QED) is 0.575. The van der Waals surface area contributed by atoms with Crippen molar-refractivity contribution in [2.75, 3.05) is 14.2 Å². The van der Waals surface area contributed by atoms with E-state index in [0.717, 1.165) is 33.9 Å². The van der Waals surface area contributed by atoms with Gasteiger partial charge in [-0.15, -0.1) is 0 Å². The van der Waals surface area contributed by atoms with Gasteiger partial charge >= 0.3 is 0 Å². The highest BCUT2D eigenvalue weighted by Gasteiger charge is 2.19. The maximum absolute atomic E-state index is 11.9. The Hall–Kier alpha value is -3.25. The first kappa shape index (κ1) is 22.4. The fraction of sp³-hybridized carbons (Fsp3) is 0.320. The van der Waals surface area contributed by atoms with Crippen LogP contribution in [0.5, 0.6) is 11.5 Å². The van der Waals surface area contributed by atoms with Crippen molar-refractivity contribution in [1.29, 1.82) is 0 Å². The molecule has 0 atom stereocenters. The number of nitrogens with one attached hydrogen (secondary N) is 1. The first-order chi connectivity index (χ1) is 14.9. The number of aryl methyl sites for hydroxylation is 1. The van der Waals surface area contributed by atoms with E-state index in [2.05, 4.69) is 28.9 Å². The predicted octanol–water partition coefficient (Wildman–Crippen LogP) is 3.13. The zero-order valence-electron chi connectivity index (χ0n) is 18.7. The maximum Gasteiger partial charge on any atom is 0.127 e. The Bertz CT molecular complexity index is 1090. The van der Waals surface area contributed by atoms with Crippen LogP contribution in [0.2, 0.25) is 0 Å². The molecule has 164 valence electrons. The molecular weight excluding hydrogens is 392 g/mol. The molecule has 1 aromatic heterocycles. The second-order valence-electron chi connectivity index (χ2n) is 7.61. The lowest BCUT2D eigenvalue weighted by Crippen LogP contribution is -2.25. The van der Waals surface area contributed by atoms with Crippen molar-refractivity contribution in [2.24, 2.45) is 0 Å². The van der Waals surface area contributed by atoms with E-state index in [4.69, 9.17) is 9.47 Å². The smallest absolute Gasteiger partial charge is 0.127 e.